The first-order valence-electron chi connectivity index (χ1n) is 3.50. The lowest BCUT2D eigenvalue weighted by atomic mass is 10.3. The molecule has 1 aliphatic heterocycles. The zero-order valence-electron chi connectivity index (χ0n) is 6.33. The van der Waals surface area contributed by atoms with E-state index in [0.717, 1.165) is 4.90 Å². The summed E-state index contributed by atoms with van der Waals surface area (Å²) in [5, 5.41) is 0. The number of ether oxygens (including phenoxy) is 1. The maximum absolute atomic E-state index is 12.5. The van der Waals surface area contributed by atoms with Crippen LogP contribution in [0.4, 0.5) is 14.0 Å². The van der Waals surface area contributed by atoms with Gasteiger partial charge >= 0.3 is 12.2 Å². The molecule has 0 saturated carbocycles. The molecule has 1 fully saturated rings. The predicted molar refractivity (Wildman–Crippen MR) is 37.2 cm³/mol. The molecule has 0 spiro atoms. The summed E-state index contributed by atoms with van der Waals surface area (Å²) in [6.07, 6.45) is -2.77. The van der Waals surface area contributed by atoms with Crippen molar-refractivity contribution < 1.29 is 18.7 Å². The van der Waals surface area contributed by atoms with Gasteiger partial charge in [-0.1, -0.05) is 0 Å². The fourth-order valence-electron chi connectivity index (χ4n) is 1.03. The second-order valence-corrected chi connectivity index (χ2v) is 2.52. The van der Waals surface area contributed by atoms with E-state index in [1.807, 2.05) is 0 Å². The van der Waals surface area contributed by atoms with Gasteiger partial charge in [0.1, 0.15) is 6.17 Å². The average molecular weight is 176 g/mol. The van der Waals surface area contributed by atoms with Crippen molar-refractivity contribution in [1.82, 2.24) is 4.90 Å². The number of alkyl halides is 1. The van der Waals surface area contributed by atoms with Gasteiger partial charge in [0.25, 0.3) is 0 Å². The van der Waals surface area contributed by atoms with Gasteiger partial charge in [0, 0.05) is 6.54 Å². The molecule has 0 aromatic carbocycles. The molecule has 1 unspecified atom stereocenters. The van der Waals surface area contributed by atoms with E-state index in [1.165, 1.54) is 0 Å². The van der Waals surface area contributed by atoms with Gasteiger partial charge in [-0.2, -0.15) is 0 Å². The highest BCUT2D eigenvalue weighted by Crippen LogP contribution is 2.12. The topological polar surface area (TPSA) is 72.6 Å². The predicted octanol–water partition coefficient (Wildman–Crippen LogP) is 0.246. The van der Waals surface area contributed by atoms with Crippen LogP contribution in [0.3, 0.4) is 0 Å². The Bertz CT molecular complexity index is 209. The number of amides is 2. The Hall–Kier alpha value is -1.33. The highest BCUT2D eigenvalue weighted by Gasteiger charge is 2.27. The monoisotopic (exact) mass is 176 g/mol. The highest BCUT2D eigenvalue weighted by molar-refractivity contribution is 5.82. The van der Waals surface area contributed by atoms with E-state index < -0.39 is 18.4 Å². The standard InChI is InChI=1S/C6H9FN2O3/c7-4-1-2-9(3-4)6(11)12-5(8)10/h4H,1-3H2,(H2,8,10). The lowest BCUT2D eigenvalue weighted by molar-refractivity contribution is 0.127. The molecule has 2 amide bonds. The Morgan fingerprint density at radius 2 is 2.25 bits per heavy atom. The van der Waals surface area contributed by atoms with E-state index in [4.69, 9.17) is 0 Å². The third-order valence-electron chi connectivity index (χ3n) is 1.58. The summed E-state index contributed by atoms with van der Waals surface area (Å²) in [4.78, 5) is 22.1. The largest absolute Gasteiger partial charge is 0.418 e. The van der Waals surface area contributed by atoms with Crippen LogP contribution < -0.4 is 5.73 Å². The number of hydrogen-bond donors (Lipinski definition) is 1. The summed E-state index contributed by atoms with van der Waals surface area (Å²) in [7, 11) is 0. The quantitative estimate of drug-likeness (QED) is 0.537. The molecular weight excluding hydrogens is 167 g/mol. The molecule has 0 radical (unpaired) electrons. The van der Waals surface area contributed by atoms with Gasteiger partial charge < -0.3 is 15.4 Å². The first kappa shape index (κ1) is 8.76. The molecule has 2 N–H and O–H groups in total. The first-order chi connectivity index (χ1) is 5.59. The summed E-state index contributed by atoms with van der Waals surface area (Å²) in [6, 6.07) is 0. The fourth-order valence-corrected chi connectivity index (χ4v) is 1.03. The summed E-state index contributed by atoms with van der Waals surface area (Å²) in [6.45, 7) is 0.249. The number of nitrogens with two attached hydrogens (primary N) is 1. The minimum absolute atomic E-state index is 0.0217. The van der Waals surface area contributed by atoms with E-state index in [0.29, 0.717) is 0 Å². The van der Waals surface area contributed by atoms with Crippen LogP contribution in [0.15, 0.2) is 0 Å². The molecule has 6 heteroatoms. The van der Waals surface area contributed by atoms with E-state index in [1.54, 1.807) is 0 Å². The van der Waals surface area contributed by atoms with Crippen LogP contribution in [-0.2, 0) is 4.74 Å². The third kappa shape index (κ3) is 2.08. The van der Waals surface area contributed by atoms with Gasteiger partial charge in [-0.15, -0.1) is 0 Å². The molecule has 0 aliphatic carbocycles. The second-order valence-electron chi connectivity index (χ2n) is 2.52. The average Bonchev–Trinajstić information content (AvgIpc) is 2.34. The van der Waals surface area contributed by atoms with E-state index in [-0.39, 0.29) is 19.5 Å². The summed E-state index contributed by atoms with van der Waals surface area (Å²) < 4.78 is 16.5. The molecule has 1 aliphatic rings. The van der Waals surface area contributed by atoms with E-state index >= 15 is 0 Å². The van der Waals surface area contributed by atoms with Crippen molar-refractivity contribution >= 4 is 12.2 Å². The second kappa shape index (κ2) is 3.38. The van der Waals surface area contributed by atoms with Crippen molar-refractivity contribution in [3.05, 3.63) is 0 Å². The molecule has 0 aromatic heterocycles. The Morgan fingerprint density at radius 3 is 2.67 bits per heavy atom. The molecule has 68 valence electrons. The van der Waals surface area contributed by atoms with Gasteiger partial charge in [0.2, 0.25) is 0 Å². The minimum Gasteiger partial charge on any atom is -0.359 e. The van der Waals surface area contributed by atoms with Gasteiger partial charge in [-0.3, -0.25) is 0 Å². The third-order valence-corrected chi connectivity index (χ3v) is 1.58. The number of likely N-dealkylation sites (tertiary alicyclic amines) is 1. The summed E-state index contributed by atoms with van der Waals surface area (Å²) in [5.41, 5.74) is 4.59. The van der Waals surface area contributed by atoms with Crippen molar-refractivity contribution in [1.29, 1.82) is 0 Å². The van der Waals surface area contributed by atoms with Crippen LogP contribution in [0, 0.1) is 0 Å². The van der Waals surface area contributed by atoms with Gasteiger partial charge in [-0.05, 0) is 6.42 Å². The van der Waals surface area contributed by atoms with E-state index in [9.17, 15) is 14.0 Å². The number of carbonyl (C=O) groups excluding carboxylic acids is 2. The molecule has 1 heterocycles. The van der Waals surface area contributed by atoms with Crippen LogP contribution in [0.5, 0.6) is 0 Å². The Kier molecular flexibility index (Phi) is 2.47. The number of hydrogen-bond acceptors (Lipinski definition) is 3. The van der Waals surface area contributed by atoms with E-state index in [2.05, 4.69) is 10.5 Å². The molecule has 12 heavy (non-hydrogen) atoms. The number of primary amides is 1. The zero-order valence-corrected chi connectivity index (χ0v) is 6.33. The SMILES string of the molecule is NC(=O)OC(=O)N1CCC(F)C1. The highest BCUT2D eigenvalue weighted by atomic mass is 19.1. The fraction of sp³-hybridized carbons (Fsp3) is 0.667. The van der Waals surface area contributed by atoms with Crippen LogP contribution in [0.25, 0.3) is 0 Å². The molecule has 0 aromatic rings. The van der Waals surface area contributed by atoms with Gasteiger partial charge in [0.15, 0.2) is 0 Å². The smallest absolute Gasteiger partial charge is 0.359 e. The Balaban J connectivity index is 2.38. The van der Waals surface area contributed by atoms with Crippen LogP contribution in [0.2, 0.25) is 0 Å². The summed E-state index contributed by atoms with van der Waals surface area (Å²) >= 11 is 0. The number of rotatable bonds is 0. The van der Waals surface area contributed by atoms with Crippen molar-refractivity contribution in [2.75, 3.05) is 13.1 Å². The van der Waals surface area contributed by atoms with Gasteiger partial charge in [0.05, 0.1) is 6.54 Å². The number of halogens is 1. The lowest BCUT2D eigenvalue weighted by Gasteiger charge is -2.12. The van der Waals surface area contributed by atoms with Crippen molar-refractivity contribution in [2.24, 2.45) is 5.73 Å². The number of nitrogens with zero attached hydrogens (tertiary/aromatic N) is 1. The lowest BCUT2D eigenvalue weighted by Crippen LogP contribution is -2.33. The molecule has 1 rings (SSSR count). The maximum atomic E-state index is 12.5. The van der Waals surface area contributed by atoms with Crippen LogP contribution >= 0.6 is 0 Å². The molecule has 1 atom stereocenters. The maximum Gasteiger partial charge on any atom is 0.418 e. The molecule has 0 bridgehead atoms. The Labute approximate surface area is 68.3 Å². The van der Waals surface area contributed by atoms with Gasteiger partial charge in [-0.25, -0.2) is 14.0 Å². The number of carbonyl (C=O) groups is 2. The Morgan fingerprint density at radius 1 is 1.58 bits per heavy atom. The van der Waals surface area contributed by atoms with Crippen molar-refractivity contribution in [2.45, 2.75) is 12.6 Å². The van der Waals surface area contributed by atoms with Crippen molar-refractivity contribution in [3.8, 4) is 0 Å². The zero-order chi connectivity index (χ0) is 9.14. The minimum atomic E-state index is -1.16. The normalized spacial score (nSPS) is 22.4. The van der Waals surface area contributed by atoms with Crippen LogP contribution in [-0.4, -0.2) is 36.3 Å². The first-order valence-corrected chi connectivity index (χ1v) is 3.50. The van der Waals surface area contributed by atoms with Crippen molar-refractivity contribution in [3.63, 3.8) is 0 Å². The van der Waals surface area contributed by atoms with Crippen LogP contribution in [0.1, 0.15) is 6.42 Å². The molecular formula is C6H9FN2O3. The molecule has 1 saturated heterocycles. The summed E-state index contributed by atoms with van der Waals surface area (Å²) in [5.74, 6) is 0. The molecule has 5 nitrogen and oxygen atoms in total.